The summed E-state index contributed by atoms with van der Waals surface area (Å²) < 4.78 is 18.2. The van der Waals surface area contributed by atoms with Gasteiger partial charge in [-0.15, -0.1) is 0 Å². The van der Waals surface area contributed by atoms with Crippen LogP contribution in [0, 0.1) is 5.82 Å². The summed E-state index contributed by atoms with van der Waals surface area (Å²) in [5.41, 5.74) is 1.23. The lowest BCUT2D eigenvalue weighted by Crippen LogP contribution is -2.14. The number of methoxy groups -OCH3 is 1. The highest BCUT2D eigenvalue weighted by atomic mass is 35.5. The van der Waals surface area contributed by atoms with E-state index in [4.69, 9.17) is 16.3 Å². The second-order valence-corrected chi connectivity index (χ2v) is 4.57. The SMILES string of the molecule is COc1ccccc1CC(=O)Nc1ccc(F)c(Cl)c1. The van der Waals surface area contributed by atoms with Crippen LogP contribution in [0.4, 0.5) is 10.1 Å². The summed E-state index contributed by atoms with van der Waals surface area (Å²) in [6, 6.07) is 11.3. The van der Waals surface area contributed by atoms with Crippen molar-refractivity contribution in [3.05, 3.63) is 58.9 Å². The number of hydrogen-bond acceptors (Lipinski definition) is 2. The molecule has 0 spiro atoms. The van der Waals surface area contributed by atoms with Gasteiger partial charge in [0.1, 0.15) is 11.6 Å². The predicted molar refractivity (Wildman–Crippen MR) is 76.7 cm³/mol. The van der Waals surface area contributed by atoms with E-state index in [1.54, 1.807) is 13.2 Å². The van der Waals surface area contributed by atoms with Crippen molar-refractivity contribution >= 4 is 23.2 Å². The molecule has 0 aliphatic carbocycles. The van der Waals surface area contributed by atoms with Crippen LogP contribution in [0.15, 0.2) is 42.5 Å². The number of benzene rings is 2. The molecule has 5 heteroatoms. The summed E-state index contributed by atoms with van der Waals surface area (Å²) in [4.78, 5) is 11.9. The summed E-state index contributed by atoms with van der Waals surface area (Å²) in [7, 11) is 1.55. The van der Waals surface area contributed by atoms with Gasteiger partial charge in [-0.2, -0.15) is 0 Å². The molecule has 2 rings (SSSR count). The molecule has 20 heavy (non-hydrogen) atoms. The number of anilines is 1. The van der Waals surface area contributed by atoms with Crippen LogP contribution < -0.4 is 10.1 Å². The fourth-order valence-corrected chi connectivity index (χ4v) is 1.98. The van der Waals surface area contributed by atoms with Crippen molar-refractivity contribution < 1.29 is 13.9 Å². The van der Waals surface area contributed by atoms with Crippen molar-refractivity contribution in [2.24, 2.45) is 0 Å². The molecular weight excluding hydrogens is 281 g/mol. The van der Waals surface area contributed by atoms with Crippen molar-refractivity contribution in [3.8, 4) is 5.75 Å². The van der Waals surface area contributed by atoms with Crippen molar-refractivity contribution in [1.29, 1.82) is 0 Å². The summed E-state index contributed by atoms with van der Waals surface area (Å²) in [6.45, 7) is 0. The van der Waals surface area contributed by atoms with E-state index in [-0.39, 0.29) is 17.4 Å². The third-order valence-corrected chi connectivity index (χ3v) is 3.04. The predicted octanol–water partition coefficient (Wildman–Crippen LogP) is 3.67. The van der Waals surface area contributed by atoms with Gasteiger partial charge in [-0.25, -0.2) is 4.39 Å². The monoisotopic (exact) mass is 293 g/mol. The molecule has 1 amide bonds. The first kappa shape index (κ1) is 14.3. The van der Waals surface area contributed by atoms with Crippen molar-refractivity contribution in [2.75, 3.05) is 12.4 Å². The Kier molecular flexibility index (Phi) is 4.58. The Hall–Kier alpha value is -2.07. The molecule has 0 aliphatic rings. The van der Waals surface area contributed by atoms with Crippen LogP contribution in [0.1, 0.15) is 5.56 Å². The van der Waals surface area contributed by atoms with Crippen molar-refractivity contribution in [1.82, 2.24) is 0 Å². The zero-order chi connectivity index (χ0) is 14.5. The standard InChI is InChI=1S/C15H13ClFNO2/c1-20-14-5-3-2-4-10(14)8-15(19)18-11-6-7-13(17)12(16)9-11/h2-7,9H,8H2,1H3,(H,18,19). The van der Waals surface area contributed by atoms with Gasteiger partial charge in [0.05, 0.1) is 18.6 Å². The average Bonchev–Trinajstić information content (AvgIpc) is 2.43. The molecule has 3 nitrogen and oxygen atoms in total. The molecule has 0 saturated heterocycles. The Balaban J connectivity index is 2.07. The lowest BCUT2D eigenvalue weighted by Gasteiger charge is -2.09. The van der Waals surface area contributed by atoms with Gasteiger partial charge in [0.15, 0.2) is 0 Å². The Labute approximate surface area is 121 Å². The maximum Gasteiger partial charge on any atom is 0.228 e. The molecule has 0 saturated carbocycles. The van der Waals surface area contributed by atoms with Crippen LogP contribution in [0.5, 0.6) is 5.75 Å². The second-order valence-electron chi connectivity index (χ2n) is 4.17. The molecule has 0 heterocycles. The van der Waals surface area contributed by atoms with E-state index in [9.17, 15) is 9.18 Å². The highest BCUT2D eigenvalue weighted by Crippen LogP contribution is 2.21. The van der Waals surface area contributed by atoms with Gasteiger partial charge in [-0.1, -0.05) is 29.8 Å². The lowest BCUT2D eigenvalue weighted by molar-refractivity contribution is -0.115. The molecule has 0 bridgehead atoms. The number of ether oxygens (including phenoxy) is 1. The molecule has 0 aromatic heterocycles. The molecule has 2 aromatic rings. The highest BCUT2D eigenvalue weighted by Gasteiger charge is 2.09. The van der Waals surface area contributed by atoms with Crippen LogP contribution in [0.2, 0.25) is 5.02 Å². The maximum absolute atomic E-state index is 13.0. The second kappa shape index (κ2) is 6.39. The third-order valence-electron chi connectivity index (χ3n) is 2.75. The normalized spacial score (nSPS) is 10.2. The number of hydrogen-bond donors (Lipinski definition) is 1. The van der Waals surface area contributed by atoms with E-state index >= 15 is 0 Å². The highest BCUT2D eigenvalue weighted by molar-refractivity contribution is 6.31. The van der Waals surface area contributed by atoms with Gasteiger partial charge in [-0.3, -0.25) is 4.79 Å². The number of carbonyl (C=O) groups is 1. The largest absolute Gasteiger partial charge is 0.496 e. The van der Waals surface area contributed by atoms with E-state index in [0.29, 0.717) is 11.4 Å². The minimum atomic E-state index is -0.519. The van der Waals surface area contributed by atoms with E-state index in [1.807, 2.05) is 18.2 Å². The Bertz CT molecular complexity index is 631. The summed E-state index contributed by atoms with van der Waals surface area (Å²) >= 11 is 5.66. The fourth-order valence-electron chi connectivity index (χ4n) is 1.80. The van der Waals surface area contributed by atoms with Gasteiger partial charge in [0.25, 0.3) is 0 Å². The Morgan fingerprint density at radius 2 is 2.05 bits per heavy atom. The van der Waals surface area contributed by atoms with Gasteiger partial charge in [-0.05, 0) is 24.3 Å². The zero-order valence-corrected chi connectivity index (χ0v) is 11.6. The molecule has 104 valence electrons. The molecule has 1 N–H and O–H groups in total. The first-order valence-corrected chi connectivity index (χ1v) is 6.34. The summed E-state index contributed by atoms with van der Waals surface area (Å²) in [5, 5.41) is 2.64. The minimum Gasteiger partial charge on any atom is -0.496 e. The first-order chi connectivity index (χ1) is 9.60. The number of amides is 1. The number of para-hydroxylation sites is 1. The average molecular weight is 294 g/mol. The molecule has 0 unspecified atom stereocenters. The van der Waals surface area contributed by atoms with Crippen LogP contribution >= 0.6 is 11.6 Å². The topological polar surface area (TPSA) is 38.3 Å². The molecule has 0 radical (unpaired) electrons. The third kappa shape index (κ3) is 3.48. The summed E-state index contributed by atoms with van der Waals surface area (Å²) in [5.74, 6) is -0.0913. The van der Waals surface area contributed by atoms with Crippen LogP contribution in [-0.2, 0) is 11.2 Å². The maximum atomic E-state index is 13.0. The van der Waals surface area contributed by atoms with Gasteiger partial charge in [0.2, 0.25) is 5.91 Å². The van der Waals surface area contributed by atoms with Gasteiger partial charge < -0.3 is 10.1 Å². The molecule has 0 fully saturated rings. The fraction of sp³-hybridized carbons (Fsp3) is 0.133. The first-order valence-electron chi connectivity index (χ1n) is 5.97. The Morgan fingerprint density at radius 3 is 2.75 bits per heavy atom. The molecule has 0 aliphatic heterocycles. The number of carbonyl (C=O) groups excluding carboxylic acids is 1. The number of nitrogens with one attached hydrogen (secondary N) is 1. The van der Waals surface area contributed by atoms with E-state index in [1.165, 1.54) is 18.2 Å². The van der Waals surface area contributed by atoms with Crippen LogP contribution in [0.25, 0.3) is 0 Å². The Morgan fingerprint density at radius 1 is 1.30 bits per heavy atom. The van der Waals surface area contributed by atoms with Crippen LogP contribution in [-0.4, -0.2) is 13.0 Å². The summed E-state index contributed by atoms with van der Waals surface area (Å²) in [6.07, 6.45) is 0.166. The molecule has 2 aromatic carbocycles. The lowest BCUT2D eigenvalue weighted by atomic mass is 10.1. The minimum absolute atomic E-state index is 0.0277. The van der Waals surface area contributed by atoms with Gasteiger partial charge >= 0.3 is 0 Å². The van der Waals surface area contributed by atoms with Crippen LogP contribution in [0.3, 0.4) is 0 Å². The van der Waals surface area contributed by atoms with Crippen molar-refractivity contribution in [3.63, 3.8) is 0 Å². The molecular formula is C15H13ClFNO2. The smallest absolute Gasteiger partial charge is 0.228 e. The zero-order valence-electron chi connectivity index (χ0n) is 10.8. The van der Waals surface area contributed by atoms with E-state index in [2.05, 4.69) is 5.32 Å². The number of rotatable bonds is 4. The van der Waals surface area contributed by atoms with E-state index < -0.39 is 5.82 Å². The van der Waals surface area contributed by atoms with E-state index in [0.717, 1.165) is 5.56 Å². The van der Waals surface area contributed by atoms with Gasteiger partial charge in [0, 0.05) is 11.3 Å². The van der Waals surface area contributed by atoms with Crippen molar-refractivity contribution in [2.45, 2.75) is 6.42 Å². The molecule has 0 atom stereocenters. The quantitative estimate of drug-likeness (QED) is 0.934. The number of halogens is 2.